The molecule has 0 radical (unpaired) electrons. The summed E-state index contributed by atoms with van der Waals surface area (Å²) in [7, 11) is 0. The van der Waals surface area contributed by atoms with Gasteiger partial charge in [-0.15, -0.1) is 0 Å². The number of halogens is 1. The summed E-state index contributed by atoms with van der Waals surface area (Å²) >= 11 is 3.43. The van der Waals surface area contributed by atoms with E-state index in [1.807, 2.05) is 47.2 Å². The fraction of sp³-hybridized carbons (Fsp3) is 0.217. The van der Waals surface area contributed by atoms with Crippen molar-refractivity contribution >= 4 is 44.0 Å². The van der Waals surface area contributed by atoms with Gasteiger partial charge in [0.25, 0.3) is 5.56 Å². The highest BCUT2D eigenvalue weighted by molar-refractivity contribution is 9.10. The molecule has 4 aromatic rings. The number of nitrogens with zero attached hydrogens (tertiary/aromatic N) is 5. The minimum atomic E-state index is -0.190. The van der Waals surface area contributed by atoms with Crippen LogP contribution in [0.1, 0.15) is 31.2 Å². The maximum absolute atomic E-state index is 13.2. The third-order valence-electron chi connectivity index (χ3n) is 5.00. The van der Waals surface area contributed by atoms with Crippen LogP contribution in [-0.4, -0.2) is 20.4 Å². The maximum Gasteiger partial charge on any atom is 0.282 e. The summed E-state index contributed by atoms with van der Waals surface area (Å²) in [6.07, 6.45) is 6.16. The first-order valence-electron chi connectivity index (χ1n) is 9.82. The summed E-state index contributed by atoms with van der Waals surface area (Å²) in [5, 5.41) is 15.2. The third-order valence-corrected chi connectivity index (χ3v) is 5.50. The average Bonchev–Trinajstić information content (AvgIpc) is 3.10. The molecule has 2 aromatic heterocycles. The van der Waals surface area contributed by atoms with E-state index in [4.69, 9.17) is 10.2 Å². The number of aromatic nitrogens is 3. The standard InChI is InChI=1S/C23H20BrN5O/c1-2-3-8-22-27-20-10-9-17(24)13-19(20)23(30)29(22)26-14-16-15-28(12-11-25)21-7-5-4-6-18(16)21/h4-7,9-10,13-15H,2-3,8,12H2,1H3. The van der Waals surface area contributed by atoms with Crippen LogP contribution in [0.4, 0.5) is 0 Å². The first-order valence-corrected chi connectivity index (χ1v) is 10.6. The van der Waals surface area contributed by atoms with Crippen LogP contribution >= 0.6 is 15.9 Å². The summed E-state index contributed by atoms with van der Waals surface area (Å²) < 4.78 is 4.11. The zero-order valence-electron chi connectivity index (χ0n) is 16.5. The SMILES string of the molecule is CCCCc1nc2ccc(Br)cc2c(=O)n1N=Cc1cn(CC#N)c2ccccc12. The van der Waals surface area contributed by atoms with Crippen molar-refractivity contribution in [3.05, 3.63) is 74.9 Å². The Morgan fingerprint density at radius 2 is 2.07 bits per heavy atom. The molecule has 0 unspecified atom stereocenters. The van der Waals surface area contributed by atoms with E-state index in [-0.39, 0.29) is 12.1 Å². The summed E-state index contributed by atoms with van der Waals surface area (Å²) in [4.78, 5) is 17.9. The fourth-order valence-electron chi connectivity index (χ4n) is 3.52. The van der Waals surface area contributed by atoms with E-state index >= 15 is 0 Å². The number of unbranched alkanes of at least 4 members (excludes halogenated alkanes) is 1. The number of hydrogen-bond acceptors (Lipinski definition) is 4. The van der Waals surface area contributed by atoms with Crippen LogP contribution in [0.3, 0.4) is 0 Å². The van der Waals surface area contributed by atoms with Crippen LogP contribution in [-0.2, 0) is 13.0 Å². The van der Waals surface area contributed by atoms with Gasteiger partial charge in [-0.2, -0.15) is 15.0 Å². The summed E-state index contributed by atoms with van der Waals surface area (Å²) in [6.45, 7) is 2.36. The van der Waals surface area contributed by atoms with Crippen molar-refractivity contribution in [3.8, 4) is 6.07 Å². The van der Waals surface area contributed by atoms with Crippen molar-refractivity contribution in [2.45, 2.75) is 32.7 Å². The van der Waals surface area contributed by atoms with Gasteiger partial charge >= 0.3 is 0 Å². The lowest BCUT2D eigenvalue weighted by Crippen LogP contribution is -2.22. The largest absolute Gasteiger partial charge is 0.333 e. The topological polar surface area (TPSA) is 76.0 Å². The van der Waals surface area contributed by atoms with Crippen molar-refractivity contribution < 1.29 is 0 Å². The zero-order valence-corrected chi connectivity index (χ0v) is 18.1. The molecule has 2 aromatic carbocycles. The van der Waals surface area contributed by atoms with Crippen LogP contribution in [0.15, 0.2) is 63.0 Å². The monoisotopic (exact) mass is 461 g/mol. The quantitative estimate of drug-likeness (QED) is 0.384. The van der Waals surface area contributed by atoms with Crippen molar-refractivity contribution in [2.24, 2.45) is 5.10 Å². The molecule has 0 fully saturated rings. The molecule has 2 heterocycles. The summed E-state index contributed by atoms with van der Waals surface area (Å²) in [6, 6.07) is 15.5. The molecular weight excluding hydrogens is 442 g/mol. The zero-order chi connectivity index (χ0) is 21.1. The Kier molecular flexibility index (Phi) is 5.77. The second kappa shape index (κ2) is 8.64. The minimum Gasteiger partial charge on any atom is -0.333 e. The van der Waals surface area contributed by atoms with Crippen LogP contribution in [0.2, 0.25) is 0 Å². The molecule has 4 rings (SSSR count). The van der Waals surface area contributed by atoms with E-state index in [0.29, 0.717) is 23.1 Å². The Labute approximate surface area is 182 Å². The Bertz CT molecular complexity index is 1360. The molecule has 0 N–H and O–H groups in total. The molecule has 150 valence electrons. The number of para-hydroxylation sites is 1. The molecular formula is C23H20BrN5O. The number of aryl methyl sites for hydroxylation is 1. The molecule has 0 saturated heterocycles. The molecule has 6 nitrogen and oxygen atoms in total. The lowest BCUT2D eigenvalue weighted by molar-refractivity contribution is 0.675. The predicted molar refractivity (Wildman–Crippen MR) is 123 cm³/mol. The number of rotatable bonds is 6. The molecule has 0 amide bonds. The molecule has 0 spiro atoms. The van der Waals surface area contributed by atoms with E-state index in [2.05, 4.69) is 34.0 Å². The van der Waals surface area contributed by atoms with Gasteiger partial charge in [0, 0.05) is 33.6 Å². The Balaban J connectivity index is 1.86. The highest BCUT2D eigenvalue weighted by Gasteiger charge is 2.12. The molecule has 30 heavy (non-hydrogen) atoms. The van der Waals surface area contributed by atoms with Gasteiger partial charge < -0.3 is 4.57 Å². The van der Waals surface area contributed by atoms with Crippen molar-refractivity contribution in [1.29, 1.82) is 5.26 Å². The van der Waals surface area contributed by atoms with Gasteiger partial charge in [0.2, 0.25) is 0 Å². The Morgan fingerprint density at radius 1 is 1.23 bits per heavy atom. The van der Waals surface area contributed by atoms with Gasteiger partial charge in [-0.3, -0.25) is 4.79 Å². The van der Waals surface area contributed by atoms with E-state index in [1.54, 1.807) is 12.3 Å². The maximum atomic E-state index is 13.2. The normalized spacial score (nSPS) is 11.5. The lowest BCUT2D eigenvalue weighted by Gasteiger charge is -2.09. The second-order valence-electron chi connectivity index (χ2n) is 7.04. The Hall–Kier alpha value is -3.24. The first kappa shape index (κ1) is 20.0. The number of benzene rings is 2. The van der Waals surface area contributed by atoms with E-state index in [1.165, 1.54) is 4.68 Å². The van der Waals surface area contributed by atoms with Crippen LogP contribution in [0, 0.1) is 11.3 Å². The van der Waals surface area contributed by atoms with Gasteiger partial charge in [0.1, 0.15) is 12.4 Å². The highest BCUT2D eigenvalue weighted by atomic mass is 79.9. The molecule has 0 bridgehead atoms. The van der Waals surface area contributed by atoms with Crippen LogP contribution < -0.4 is 5.56 Å². The number of nitriles is 1. The molecule has 0 aliphatic heterocycles. The van der Waals surface area contributed by atoms with Gasteiger partial charge in [-0.25, -0.2) is 4.98 Å². The highest BCUT2D eigenvalue weighted by Crippen LogP contribution is 2.20. The van der Waals surface area contributed by atoms with Gasteiger partial charge in [0.15, 0.2) is 0 Å². The molecule has 7 heteroatoms. The molecule has 0 aliphatic rings. The van der Waals surface area contributed by atoms with E-state index in [0.717, 1.165) is 33.8 Å². The number of hydrogen-bond donors (Lipinski definition) is 0. The minimum absolute atomic E-state index is 0.190. The van der Waals surface area contributed by atoms with Crippen LogP contribution in [0.25, 0.3) is 21.8 Å². The lowest BCUT2D eigenvalue weighted by atomic mass is 10.2. The molecule has 0 aliphatic carbocycles. The van der Waals surface area contributed by atoms with Gasteiger partial charge in [-0.05, 0) is 30.7 Å². The number of fused-ring (bicyclic) bond motifs is 2. The van der Waals surface area contributed by atoms with E-state index in [9.17, 15) is 4.79 Å². The summed E-state index contributed by atoms with van der Waals surface area (Å²) in [5.41, 5.74) is 2.29. The van der Waals surface area contributed by atoms with Gasteiger partial charge in [0.05, 0.1) is 23.2 Å². The smallest absolute Gasteiger partial charge is 0.282 e. The fourth-order valence-corrected chi connectivity index (χ4v) is 3.88. The van der Waals surface area contributed by atoms with Crippen molar-refractivity contribution in [1.82, 2.24) is 14.2 Å². The molecule has 0 atom stereocenters. The van der Waals surface area contributed by atoms with Crippen molar-refractivity contribution in [2.75, 3.05) is 0 Å². The van der Waals surface area contributed by atoms with Gasteiger partial charge in [-0.1, -0.05) is 47.5 Å². The van der Waals surface area contributed by atoms with Crippen molar-refractivity contribution in [3.63, 3.8) is 0 Å². The second-order valence-corrected chi connectivity index (χ2v) is 7.96. The van der Waals surface area contributed by atoms with E-state index < -0.39 is 0 Å². The third kappa shape index (κ3) is 3.79. The first-order chi connectivity index (χ1) is 14.6. The Morgan fingerprint density at radius 3 is 2.87 bits per heavy atom. The van der Waals surface area contributed by atoms with Crippen LogP contribution in [0.5, 0.6) is 0 Å². The average molecular weight is 462 g/mol. The predicted octanol–water partition coefficient (Wildman–Crippen LogP) is 4.86. The summed E-state index contributed by atoms with van der Waals surface area (Å²) in [5.74, 6) is 0.647. The molecule has 0 saturated carbocycles.